The highest BCUT2D eigenvalue weighted by molar-refractivity contribution is 5.95. The van der Waals surface area contributed by atoms with Crippen LogP contribution < -0.4 is 15.4 Å². The summed E-state index contributed by atoms with van der Waals surface area (Å²) in [4.78, 5) is 31.1. The Balaban J connectivity index is 1.58. The molecule has 0 aliphatic heterocycles. The zero-order chi connectivity index (χ0) is 14.7. The Morgan fingerprint density at radius 3 is 2.86 bits per heavy atom. The summed E-state index contributed by atoms with van der Waals surface area (Å²) in [6, 6.07) is 7.04. The minimum atomic E-state index is -0.518. The number of fused-ring (bicyclic) bond motifs is 1. The molecule has 1 aromatic heterocycles. The molecule has 0 radical (unpaired) electrons. The molecule has 0 atom stereocenters. The molecule has 21 heavy (non-hydrogen) atoms. The second kappa shape index (κ2) is 5.74. The highest BCUT2D eigenvalue weighted by atomic mass is 16.5. The monoisotopic (exact) mass is 286 g/mol. The zero-order valence-electron chi connectivity index (χ0n) is 11.2. The van der Waals surface area contributed by atoms with Gasteiger partial charge in [-0.1, -0.05) is 12.1 Å². The van der Waals surface area contributed by atoms with Gasteiger partial charge >= 0.3 is 6.03 Å². The minimum absolute atomic E-state index is 0.199. The van der Waals surface area contributed by atoms with Crippen molar-refractivity contribution in [3.05, 3.63) is 30.6 Å². The number of nitrogens with zero attached hydrogens (tertiary/aromatic N) is 2. The number of urea groups is 1. The molecule has 1 aliphatic rings. The van der Waals surface area contributed by atoms with Crippen molar-refractivity contribution in [2.45, 2.75) is 18.9 Å². The lowest BCUT2D eigenvalue weighted by atomic mass is 10.2. The Morgan fingerprint density at radius 2 is 2.05 bits per heavy atom. The third-order valence-corrected chi connectivity index (χ3v) is 3.01. The van der Waals surface area contributed by atoms with Gasteiger partial charge < -0.3 is 10.1 Å². The summed E-state index contributed by atoms with van der Waals surface area (Å²) in [5.41, 5.74) is 0.731. The number of benzene rings is 1. The molecule has 108 valence electrons. The highest BCUT2D eigenvalue weighted by Gasteiger charge is 2.23. The van der Waals surface area contributed by atoms with Gasteiger partial charge in [-0.05, 0) is 25.0 Å². The number of hydrogen-bond donors (Lipinski definition) is 2. The number of ether oxygens (including phenoxy) is 1. The van der Waals surface area contributed by atoms with Crippen molar-refractivity contribution in [2.24, 2.45) is 0 Å². The normalized spacial score (nSPS) is 13.7. The maximum Gasteiger partial charge on any atom is 0.321 e. The summed E-state index contributed by atoms with van der Waals surface area (Å²) in [5.74, 6) is -0.200. The molecule has 0 bridgehead atoms. The fourth-order valence-electron chi connectivity index (χ4n) is 1.84. The van der Waals surface area contributed by atoms with Crippen LogP contribution in [-0.4, -0.2) is 34.6 Å². The van der Waals surface area contributed by atoms with E-state index in [1.165, 1.54) is 6.33 Å². The molecule has 1 fully saturated rings. The molecule has 0 unspecified atom stereocenters. The van der Waals surface area contributed by atoms with Crippen molar-refractivity contribution in [2.75, 3.05) is 6.61 Å². The molecule has 0 saturated heterocycles. The van der Waals surface area contributed by atoms with E-state index < -0.39 is 11.9 Å². The van der Waals surface area contributed by atoms with E-state index in [4.69, 9.17) is 4.74 Å². The van der Waals surface area contributed by atoms with E-state index in [1.807, 2.05) is 24.3 Å². The van der Waals surface area contributed by atoms with Gasteiger partial charge in [0.1, 0.15) is 6.33 Å². The summed E-state index contributed by atoms with van der Waals surface area (Å²) in [5, 5.41) is 5.59. The van der Waals surface area contributed by atoms with Crippen LogP contribution in [0.4, 0.5) is 4.79 Å². The lowest BCUT2D eigenvalue weighted by Gasteiger charge is -2.08. The molecule has 1 heterocycles. The molecule has 7 heteroatoms. The third-order valence-electron chi connectivity index (χ3n) is 3.01. The van der Waals surface area contributed by atoms with Crippen LogP contribution in [0.5, 0.6) is 5.88 Å². The second-order valence-corrected chi connectivity index (χ2v) is 4.78. The number of amides is 3. The summed E-state index contributed by atoms with van der Waals surface area (Å²) in [7, 11) is 0. The van der Waals surface area contributed by atoms with E-state index >= 15 is 0 Å². The summed E-state index contributed by atoms with van der Waals surface area (Å²) >= 11 is 0. The van der Waals surface area contributed by atoms with Crippen LogP contribution in [0.2, 0.25) is 0 Å². The van der Waals surface area contributed by atoms with E-state index in [0.717, 1.165) is 23.7 Å². The predicted molar refractivity (Wildman–Crippen MR) is 74.7 cm³/mol. The molecule has 3 amide bonds. The Labute approximate surface area is 120 Å². The van der Waals surface area contributed by atoms with Gasteiger partial charge in [0.05, 0.1) is 10.9 Å². The number of rotatable bonds is 4. The number of para-hydroxylation sites is 1. The average molecular weight is 286 g/mol. The quantitative estimate of drug-likeness (QED) is 0.874. The molecule has 7 nitrogen and oxygen atoms in total. The van der Waals surface area contributed by atoms with E-state index in [0.29, 0.717) is 5.88 Å². The Hall–Kier alpha value is -2.70. The summed E-state index contributed by atoms with van der Waals surface area (Å²) in [6.07, 6.45) is 3.30. The SMILES string of the molecule is O=C(COc1ncnc2ccccc12)NC(=O)NC1CC1. The van der Waals surface area contributed by atoms with E-state index in [1.54, 1.807) is 0 Å². The molecular weight excluding hydrogens is 272 g/mol. The van der Waals surface area contributed by atoms with Gasteiger partial charge in [0.2, 0.25) is 5.88 Å². The highest BCUT2D eigenvalue weighted by Crippen LogP contribution is 2.20. The van der Waals surface area contributed by atoms with E-state index in [2.05, 4.69) is 20.6 Å². The number of hydrogen-bond acceptors (Lipinski definition) is 5. The molecule has 1 aromatic carbocycles. The number of imide groups is 1. The largest absolute Gasteiger partial charge is 0.467 e. The van der Waals surface area contributed by atoms with E-state index in [9.17, 15) is 9.59 Å². The van der Waals surface area contributed by atoms with Crippen LogP contribution in [0.25, 0.3) is 10.9 Å². The predicted octanol–water partition coefficient (Wildman–Crippen LogP) is 0.997. The maximum absolute atomic E-state index is 11.6. The molecular formula is C14H14N4O3. The first-order valence-electron chi connectivity index (χ1n) is 6.65. The summed E-state index contributed by atoms with van der Waals surface area (Å²) < 4.78 is 5.36. The Bertz CT molecular complexity index is 679. The molecule has 2 N–H and O–H groups in total. The van der Waals surface area contributed by atoms with Crippen molar-refractivity contribution in [1.29, 1.82) is 0 Å². The van der Waals surface area contributed by atoms with Gasteiger partial charge in [0.25, 0.3) is 5.91 Å². The van der Waals surface area contributed by atoms with Crippen molar-refractivity contribution in [1.82, 2.24) is 20.6 Å². The van der Waals surface area contributed by atoms with Gasteiger partial charge in [0.15, 0.2) is 6.61 Å². The fraction of sp³-hybridized carbons (Fsp3) is 0.286. The number of aromatic nitrogens is 2. The molecule has 1 saturated carbocycles. The smallest absolute Gasteiger partial charge is 0.321 e. The van der Waals surface area contributed by atoms with Crippen LogP contribution in [-0.2, 0) is 4.79 Å². The first kappa shape index (κ1) is 13.3. The van der Waals surface area contributed by atoms with Gasteiger partial charge in [-0.25, -0.2) is 14.8 Å². The Kier molecular flexibility index (Phi) is 3.63. The fourth-order valence-corrected chi connectivity index (χ4v) is 1.84. The first-order chi connectivity index (χ1) is 10.2. The number of carbonyl (C=O) groups is 2. The van der Waals surface area contributed by atoms with Crippen LogP contribution >= 0.6 is 0 Å². The number of carbonyl (C=O) groups excluding carboxylic acids is 2. The van der Waals surface area contributed by atoms with Crippen molar-refractivity contribution >= 4 is 22.8 Å². The van der Waals surface area contributed by atoms with Crippen molar-refractivity contribution < 1.29 is 14.3 Å². The average Bonchev–Trinajstić information content (AvgIpc) is 3.28. The molecule has 1 aliphatic carbocycles. The summed E-state index contributed by atoms with van der Waals surface area (Å²) in [6.45, 7) is -0.279. The van der Waals surface area contributed by atoms with Crippen molar-refractivity contribution in [3.63, 3.8) is 0 Å². The van der Waals surface area contributed by atoms with E-state index in [-0.39, 0.29) is 12.6 Å². The molecule has 3 rings (SSSR count). The maximum atomic E-state index is 11.6. The van der Waals surface area contributed by atoms with Crippen molar-refractivity contribution in [3.8, 4) is 5.88 Å². The van der Waals surface area contributed by atoms with Gasteiger partial charge in [0, 0.05) is 6.04 Å². The molecule has 2 aromatic rings. The van der Waals surface area contributed by atoms with Crippen LogP contribution in [0.1, 0.15) is 12.8 Å². The van der Waals surface area contributed by atoms with Gasteiger partial charge in [-0.3, -0.25) is 10.1 Å². The standard InChI is InChI=1S/C14H14N4O3/c19-12(18-14(20)17-9-5-6-9)7-21-13-10-3-1-2-4-11(10)15-8-16-13/h1-4,8-9H,5-7H2,(H2,17,18,19,20). The van der Waals surface area contributed by atoms with Gasteiger partial charge in [-0.2, -0.15) is 0 Å². The van der Waals surface area contributed by atoms with Gasteiger partial charge in [-0.15, -0.1) is 0 Å². The van der Waals surface area contributed by atoms with Crippen LogP contribution in [0.15, 0.2) is 30.6 Å². The number of nitrogens with one attached hydrogen (secondary N) is 2. The molecule has 0 spiro atoms. The van der Waals surface area contributed by atoms with Crippen LogP contribution in [0, 0.1) is 0 Å². The lowest BCUT2D eigenvalue weighted by molar-refractivity contribution is -0.122. The first-order valence-corrected chi connectivity index (χ1v) is 6.65. The second-order valence-electron chi connectivity index (χ2n) is 4.78. The third kappa shape index (κ3) is 3.44. The minimum Gasteiger partial charge on any atom is -0.467 e. The Morgan fingerprint density at radius 1 is 1.24 bits per heavy atom. The zero-order valence-corrected chi connectivity index (χ0v) is 11.2. The van der Waals surface area contributed by atoms with Crippen LogP contribution in [0.3, 0.4) is 0 Å². The topological polar surface area (TPSA) is 93.2 Å². The lowest BCUT2D eigenvalue weighted by Crippen LogP contribution is -2.42.